The van der Waals surface area contributed by atoms with Crippen LogP contribution in [0.1, 0.15) is 36.4 Å². The molecule has 0 saturated heterocycles. The van der Waals surface area contributed by atoms with Crippen molar-refractivity contribution in [1.82, 2.24) is 30.4 Å². The monoisotopic (exact) mass is 519 g/mol. The number of hydrazine groups is 1. The molecule has 0 spiro atoms. The summed E-state index contributed by atoms with van der Waals surface area (Å²) in [5.74, 6) is 0.709. The van der Waals surface area contributed by atoms with Crippen LogP contribution in [0.25, 0.3) is 11.5 Å². The summed E-state index contributed by atoms with van der Waals surface area (Å²) in [6.07, 6.45) is 0. The average Bonchev–Trinajstić information content (AvgIpc) is 3.53. The fraction of sp³-hybridized carbons (Fsp3) is 0.429. The van der Waals surface area contributed by atoms with E-state index < -0.39 is 0 Å². The number of nitrogens with zero attached hydrogens (tertiary/aromatic N) is 5. The van der Waals surface area contributed by atoms with E-state index >= 15 is 0 Å². The third-order valence-corrected chi connectivity index (χ3v) is 6.66. The first kappa shape index (κ1) is 27.3. The first-order valence-electron chi connectivity index (χ1n) is 13.0. The predicted molar refractivity (Wildman–Crippen MR) is 146 cm³/mol. The standard InChI is InChI=1S/C28H37N7O3/c1-19(2)29-12-13-34(18-27(37)33(5)35-16-23-8-6-7-9-24(23)17-35)26(36)15-30-25-14-22(11-10-20(25)3)28-31-21(4)32-38-28/h6-11,14,19,29-30H,12-13,15-18H2,1-5H3. The Labute approximate surface area is 224 Å². The van der Waals surface area contributed by atoms with E-state index in [0.29, 0.717) is 37.9 Å². The second-order valence-corrected chi connectivity index (χ2v) is 9.96. The zero-order chi connectivity index (χ0) is 27.2. The quantitative estimate of drug-likeness (QED) is 0.398. The summed E-state index contributed by atoms with van der Waals surface area (Å²) < 4.78 is 5.28. The molecular weight excluding hydrogens is 482 g/mol. The summed E-state index contributed by atoms with van der Waals surface area (Å²) in [7, 11) is 1.77. The van der Waals surface area contributed by atoms with E-state index in [2.05, 4.69) is 46.8 Å². The molecule has 0 fully saturated rings. The number of benzene rings is 2. The van der Waals surface area contributed by atoms with Crippen molar-refractivity contribution in [3.63, 3.8) is 0 Å². The molecule has 1 aliphatic heterocycles. The maximum absolute atomic E-state index is 13.3. The molecule has 0 atom stereocenters. The van der Waals surface area contributed by atoms with Gasteiger partial charge in [-0.25, -0.2) is 5.01 Å². The summed E-state index contributed by atoms with van der Waals surface area (Å²) in [6.45, 7) is 10.3. The number of amides is 2. The predicted octanol–water partition coefficient (Wildman–Crippen LogP) is 2.98. The molecule has 1 aromatic heterocycles. The Morgan fingerprint density at radius 1 is 1.08 bits per heavy atom. The lowest BCUT2D eigenvalue weighted by Crippen LogP contribution is -2.49. The maximum atomic E-state index is 13.3. The normalized spacial score (nSPS) is 13.0. The Balaban J connectivity index is 1.40. The highest BCUT2D eigenvalue weighted by Gasteiger charge is 2.27. The van der Waals surface area contributed by atoms with Crippen molar-refractivity contribution in [2.75, 3.05) is 38.5 Å². The van der Waals surface area contributed by atoms with Crippen LogP contribution < -0.4 is 10.6 Å². The summed E-state index contributed by atoms with van der Waals surface area (Å²) >= 11 is 0. The van der Waals surface area contributed by atoms with Gasteiger partial charge in [-0.15, -0.1) is 0 Å². The molecule has 0 radical (unpaired) electrons. The van der Waals surface area contributed by atoms with E-state index in [0.717, 1.165) is 16.8 Å². The van der Waals surface area contributed by atoms with Crippen molar-refractivity contribution < 1.29 is 14.1 Å². The summed E-state index contributed by atoms with van der Waals surface area (Å²) in [5, 5.41) is 14.1. The van der Waals surface area contributed by atoms with Crippen LogP contribution in [-0.2, 0) is 22.7 Å². The Bertz CT molecular complexity index is 1250. The fourth-order valence-electron chi connectivity index (χ4n) is 4.37. The first-order chi connectivity index (χ1) is 18.2. The molecule has 38 heavy (non-hydrogen) atoms. The summed E-state index contributed by atoms with van der Waals surface area (Å²) in [6, 6.07) is 14.2. The number of carbonyl (C=O) groups excluding carboxylic acids is 2. The highest BCUT2D eigenvalue weighted by atomic mass is 16.5. The number of aromatic nitrogens is 2. The van der Waals surface area contributed by atoms with Gasteiger partial charge in [0.05, 0.1) is 6.54 Å². The van der Waals surface area contributed by atoms with Gasteiger partial charge < -0.3 is 20.1 Å². The van der Waals surface area contributed by atoms with Gasteiger partial charge in [0.25, 0.3) is 11.8 Å². The van der Waals surface area contributed by atoms with Crippen molar-refractivity contribution >= 4 is 17.5 Å². The molecule has 0 aliphatic carbocycles. The number of rotatable bonds is 11. The molecule has 2 heterocycles. The lowest BCUT2D eigenvalue weighted by molar-refractivity contribution is -0.151. The van der Waals surface area contributed by atoms with Crippen molar-refractivity contribution in [1.29, 1.82) is 0 Å². The summed E-state index contributed by atoms with van der Waals surface area (Å²) in [4.78, 5) is 32.5. The van der Waals surface area contributed by atoms with E-state index in [1.165, 1.54) is 11.1 Å². The number of hydrogen-bond donors (Lipinski definition) is 2. The van der Waals surface area contributed by atoms with Gasteiger partial charge in [0, 0.05) is 50.5 Å². The van der Waals surface area contributed by atoms with Crippen LogP contribution in [0.4, 0.5) is 5.69 Å². The third-order valence-electron chi connectivity index (χ3n) is 6.66. The molecule has 3 aromatic rings. The van der Waals surface area contributed by atoms with Gasteiger partial charge >= 0.3 is 0 Å². The molecule has 0 saturated carbocycles. The largest absolute Gasteiger partial charge is 0.376 e. The number of carbonyl (C=O) groups is 2. The van der Waals surface area contributed by atoms with Gasteiger partial charge in [0.15, 0.2) is 5.82 Å². The van der Waals surface area contributed by atoms with Crippen molar-refractivity contribution in [3.8, 4) is 11.5 Å². The lowest BCUT2D eigenvalue weighted by atomic mass is 10.1. The minimum absolute atomic E-state index is 0.00389. The Morgan fingerprint density at radius 3 is 2.42 bits per heavy atom. The first-order valence-corrected chi connectivity index (χ1v) is 13.0. The molecular formula is C28H37N7O3. The number of hydrogen-bond acceptors (Lipinski definition) is 8. The molecule has 1 aliphatic rings. The zero-order valence-corrected chi connectivity index (χ0v) is 22.8. The zero-order valence-electron chi connectivity index (χ0n) is 22.8. The van der Waals surface area contributed by atoms with E-state index in [-0.39, 0.29) is 30.9 Å². The molecule has 2 N–H and O–H groups in total. The van der Waals surface area contributed by atoms with Crippen LogP contribution in [-0.4, -0.2) is 76.1 Å². The van der Waals surface area contributed by atoms with Crippen LogP contribution in [0.3, 0.4) is 0 Å². The van der Waals surface area contributed by atoms with Gasteiger partial charge in [-0.1, -0.05) is 49.3 Å². The van der Waals surface area contributed by atoms with E-state index in [1.54, 1.807) is 23.9 Å². The number of aryl methyl sites for hydroxylation is 2. The minimum Gasteiger partial charge on any atom is -0.376 e. The van der Waals surface area contributed by atoms with Crippen LogP contribution in [0.5, 0.6) is 0 Å². The number of fused-ring (bicyclic) bond motifs is 1. The van der Waals surface area contributed by atoms with Gasteiger partial charge in [-0.2, -0.15) is 4.98 Å². The Kier molecular flexibility index (Phi) is 8.75. The smallest absolute Gasteiger partial charge is 0.257 e. The van der Waals surface area contributed by atoms with Crippen molar-refractivity contribution in [2.24, 2.45) is 0 Å². The topological polar surface area (TPSA) is 107 Å². The second-order valence-electron chi connectivity index (χ2n) is 9.96. The molecule has 4 rings (SSSR count). The molecule has 10 nitrogen and oxygen atoms in total. The van der Waals surface area contributed by atoms with E-state index in [4.69, 9.17) is 4.52 Å². The molecule has 2 aromatic carbocycles. The van der Waals surface area contributed by atoms with Gasteiger partial charge in [0.2, 0.25) is 5.91 Å². The number of likely N-dealkylation sites (N-methyl/N-ethyl adjacent to an activating group) is 1. The van der Waals surface area contributed by atoms with Crippen LogP contribution in [0.2, 0.25) is 0 Å². The highest BCUT2D eigenvalue weighted by Crippen LogP contribution is 2.25. The molecule has 2 amide bonds. The molecule has 10 heteroatoms. The molecule has 0 bridgehead atoms. The van der Waals surface area contributed by atoms with Crippen LogP contribution in [0.15, 0.2) is 47.0 Å². The maximum Gasteiger partial charge on any atom is 0.257 e. The third kappa shape index (κ3) is 6.76. The van der Waals surface area contributed by atoms with Gasteiger partial charge in [-0.05, 0) is 42.7 Å². The number of anilines is 1. The van der Waals surface area contributed by atoms with Crippen molar-refractivity contribution in [3.05, 3.63) is 65.0 Å². The number of nitrogens with one attached hydrogen (secondary N) is 2. The van der Waals surface area contributed by atoms with Gasteiger partial charge in [0.1, 0.15) is 6.54 Å². The van der Waals surface area contributed by atoms with E-state index in [9.17, 15) is 9.59 Å². The fourth-order valence-corrected chi connectivity index (χ4v) is 4.37. The lowest BCUT2D eigenvalue weighted by Gasteiger charge is -2.31. The SMILES string of the molecule is Cc1noc(-c2ccc(C)c(NCC(=O)N(CCNC(C)C)CC(=O)N(C)N3Cc4ccccc4C3)c2)n1. The van der Waals surface area contributed by atoms with Crippen LogP contribution >= 0.6 is 0 Å². The van der Waals surface area contributed by atoms with Gasteiger partial charge in [-0.3, -0.25) is 14.6 Å². The minimum atomic E-state index is -0.152. The highest BCUT2D eigenvalue weighted by molar-refractivity contribution is 5.87. The summed E-state index contributed by atoms with van der Waals surface area (Å²) in [5.41, 5.74) is 4.99. The molecule has 202 valence electrons. The van der Waals surface area contributed by atoms with E-state index in [1.807, 2.05) is 42.3 Å². The second kappa shape index (κ2) is 12.2. The Morgan fingerprint density at radius 2 is 1.79 bits per heavy atom. The van der Waals surface area contributed by atoms with Crippen LogP contribution in [0, 0.1) is 13.8 Å². The Hall–Kier alpha value is -3.76. The molecule has 0 unspecified atom stereocenters. The van der Waals surface area contributed by atoms with Crippen molar-refractivity contribution in [2.45, 2.75) is 46.8 Å². The average molecular weight is 520 g/mol.